The number of alkyl halides is 3. The monoisotopic (exact) mass is 283 g/mol. The van der Waals surface area contributed by atoms with Crippen LogP contribution in [0.3, 0.4) is 0 Å². The Kier molecular flexibility index (Phi) is 7.82. The maximum atomic E-state index is 12.0. The first-order valence-electron chi connectivity index (χ1n) is 6.57. The minimum absolute atomic E-state index is 0.168. The molecular formula is C12H24F3N3O. The van der Waals surface area contributed by atoms with Gasteiger partial charge in [0.05, 0.1) is 18.6 Å². The first kappa shape index (κ1) is 18.0. The number of nitrogens with one attached hydrogen (secondary N) is 2. The van der Waals surface area contributed by atoms with Crippen molar-refractivity contribution in [3.8, 4) is 0 Å². The Morgan fingerprint density at radius 2 is 1.68 bits per heavy atom. The number of rotatable bonds is 7. The molecule has 0 bridgehead atoms. The lowest BCUT2D eigenvalue weighted by Crippen LogP contribution is -2.41. The van der Waals surface area contributed by atoms with Gasteiger partial charge in [-0.2, -0.15) is 13.2 Å². The topological polar surface area (TPSA) is 56.7 Å². The van der Waals surface area contributed by atoms with E-state index in [2.05, 4.69) is 15.6 Å². The summed E-state index contributed by atoms with van der Waals surface area (Å²) in [6, 6.07) is 0. The van der Waals surface area contributed by atoms with Crippen LogP contribution >= 0.6 is 0 Å². The van der Waals surface area contributed by atoms with Gasteiger partial charge in [-0.1, -0.05) is 13.8 Å². The number of aliphatic imine (C=N–C) groups is 1. The Labute approximate surface area is 112 Å². The van der Waals surface area contributed by atoms with Crippen molar-refractivity contribution in [1.82, 2.24) is 10.6 Å². The summed E-state index contributed by atoms with van der Waals surface area (Å²) in [6.45, 7) is 6.01. The van der Waals surface area contributed by atoms with Crippen LogP contribution in [0.5, 0.6) is 0 Å². The third kappa shape index (κ3) is 8.69. The molecule has 19 heavy (non-hydrogen) atoms. The van der Waals surface area contributed by atoms with Gasteiger partial charge in [-0.25, -0.2) is 0 Å². The number of hydrogen-bond acceptors (Lipinski definition) is 2. The number of guanidine groups is 1. The summed E-state index contributed by atoms with van der Waals surface area (Å²) in [5.74, 6) is 0.298. The molecule has 0 rings (SSSR count). The third-order valence-electron chi connectivity index (χ3n) is 2.89. The number of nitrogens with zero attached hydrogens (tertiary/aromatic N) is 1. The molecule has 0 aliphatic carbocycles. The largest absolute Gasteiger partial charge is 0.390 e. The summed E-state index contributed by atoms with van der Waals surface area (Å²) >= 11 is 0. The van der Waals surface area contributed by atoms with Crippen LogP contribution in [0.1, 0.15) is 40.0 Å². The van der Waals surface area contributed by atoms with Gasteiger partial charge in [-0.3, -0.25) is 4.99 Å². The zero-order chi connectivity index (χ0) is 14.9. The van der Waals surface area contributed by atoms with E-state index in [-0.39, 0.29) is 13.1 Å². The molecular weight excluding hydrogens is 259 g/mol. The van der Waals surface area contributed by atoms with Crippen molar-refractivity contribution in [1.29, 1.82) is 0 Å². The Balaban J connectivity index is 4.38. The lowest BCUT2D eigenvalue weighted by atomic mass is 9.98. The smallest absolute Gasteiger partial charge is 0.388 e. The fourth-order valence-electron chi connectivity index (χ4n) is 1.36. The summed E-state index contributed by atoms with van der Waals surface area (Å²) < 4.78 is 36.1. The molecule has 0 amide bonds. The standard InChI is InChI=1S/C12H24F3N3O/c1-4-11(19,5-2)9-18-10(16-6-3)17-8-7-12(13,14)15/h19H,4-9H2,1-3H3,(H2,16,17,18). The molecule has 114 valence electrons. The Hall–Kier alpha value is -0.980. The lowest BCUT2D eigenvalue weighted by molar-refractivity contribution is -0.132. The molecule has 0 spiro atoms. The predicted octanol–water partition coefficient (Wildman–Crippen LogP) is 2.04. The van der Waals surface area contributed by atoms with Gasteiger partial charge in [0, 0.05) is 13.1 Å². The quantitative estimate of drug-likeness (QED) is 0.495. The fourth-order valence-corrected chi connectivity index (χ4v) is 1.36. The van der Waals surface area contributed by atoms with Crippen molar-refractivity contribution in [3.05, 3.63) is 0 Å². The molecule has 0 radical (unpaired) electrons. The predicted molar refractivity (Wildman–Crippen MR) is 70.2 cm³/mol. The Morgan fingerprint density at radius 3 is 2.11 bits per heavy atom. The first-order chi connectivity index (χ1) is 8.76. The van der Waals surface area contributed by atoms with Crippen LogP contribution in [0.4, 0.5) is 13.2 Å². The maximum absolute atomic E-state index is 12.0. The maximum Gasteiger partial charge on any atom is 0.390 e. The molecule has 0 saturated heterocycles. The molecule has 7 heteroatoms. The molecule has 0 aliphatic heterocycles. The normalized spacial score (nSPS) is 13.5. The van der Waals surface area contributed by atoms with Gasteiger partial charge in [-0.05, 0) is 19.8 Å². The van der Waals surface area contributed by atoms with Crippen LogP contribution in [0.15, 0.2) is 4.99 Å². The SMILES string of the molecule is CCNC(=NCC(O)(CC)CC)NCCC(F)(F)F. The van der Waals surface area contributed by atoms with Gasteiger partial charge >= 0.3 is 6.18 Å². The van der Waals surface area contributed by atoms with E-state index >= 15 is 0 Å². The second-order valence-corrected chi connectivity index (χ2v) is 4.42. The van der Waals surface area contributed by atoms with Crippen molar-refractivity contribution in [2.75, 3.05) is 19.6 Å². The van der Waals surface area contributed by atoms with Crippen molar-refractivity contribution < 1.29 is 18.3 Å². The van der Waals surface area contributed by atoms with Gasteiger partial charge < -0.3 is 15.7 Å². The van der Waals surface area contributed by atoms with Crippen LogP contribution in [0, 0.1) is 0 Å². The highest BCUT2D eigenvalue weighted by Crippen LogP contribution is 2.18. The van der Waals surface area contributed by atoms with E-state index in [1.807, 2.05) is 20.8 Å². The molecule has 0 aromatic carbocycles. The molecule has 0 atom stereocenters. The van der Waals surface area contributed by atoms with Crippen LogP contribution < -0.4 is 10.6 Å². The summed E-state index contributed by atoms with van der Waals surface area (Å²) in [6.07, 6.45) is -3.99. The van der Waals surface area contributed by atoms with Gasteiger partial charge in [0.2, 0.25) is 0 Å². The first-order valence-corrected chi connectivity index (χ1v) is 6.57. The van der Waals surface area contributed by atoms with Gasteiger partial charge in [0.1, 0.15) is 0 Å². The van der Waals surface area contributed by atoms with E-state index in [0.717, 1.165) is 0 Å². The molecule has 0 heterocycles. The minimum Gasteiger partial charge on any atom is -0.388 e. The second-order valence-electron chi connectivity index (χ2n) is 4.42. The molecule has 0 unspecified atom stereocenters. The van der Waals surface area contributed by atoms with E-state index in [0.29, 0.717) is 25.3 Å². The highest BCUT2D eigenvalue weighted by atomic mass is 19.4. The molecule has 3 N–H and O–H groups in total. The molecule has 4 nitrogen and oxygen atoms in total. The van der Waals surface area contributed by atoms with Crippen LogP contribution in [0.2, 0.25) is 0 Å². The lowest BCUT2D eigenvalue weighted by Gasteiger charge is -2.23. The highest BCUT2D eigenvalue weighted by Gasteiger charge is 2.26. The number of hydrogen-bond donors (Lipinski definition) is 3. The molecule has 0 aromatic rings. The van der Waals surface area contributed by atoms with Gasteiger partial charge in [-0.15, -0.1) is 0 Å². The van der Waals surface area contributed by atoms with Crippen LogP contribution in [-0.4, -0.2) is 42.5 Å². The minimum atomic E-state index is -4.18. The summed E-state index contributed by atoms with van der Waals surface area (Å²) in [5, 5.41) is 15.5. The third-order valence-corrected chi connectivity index (χ3v) is 2.89. The molecule has 0 fully saturated rings. The van der Waals surface area contributed by atoms with Gasteiger partial charge in [0.15, 0.2) is 5.96 Å². The van der Waals surface area contributed by atoms with Crippen molar-refractivity contribution in [2.45, 2.75) is 51.8 Å². The van der Waals surface area contributed by atoms with Crippen molar-refractivity contribution in [2.24, 2.45) is 4.99 Å². The van der Waals surface area contributed by atoms with Gasteiger partial charge in [0.25, 0.3) is 0 Å². The van der Waals surface area contributed by atoms with Crippen LogP contribution in [0.25, 0.3) is 0 Å². The summed E-state index contributed by atoms with van der Waals surface area (Å²) in [7, 11) is 0. The second kappa shape index (κ2) is 8.24. The Morgan fingerprint density at radius 1 is 1.11 bits per heavy atom. The van der Waals surface area contributed by atoms with Crippen molar-refractivity contribution >= 4 is 5.96 Å². The summed E-state index contributed by atoms with van der Waals surface area (Å²) in [5.41, 5.74) is -0.896. The molecule has 0 aromatic heterocycles. The average molecular weight is 283 g/mol. The van der Waals surface area contributed by atoms with Crippen molar-refractivity contribution in [3.63, 3.8) is 0 Å². The Bertz CT molecular complexity index is 276. The highest BCUT2D eigenvalue weighted by molar-refractivity contribution is 5.79. The zero-order valence-electron chi connectivity index (χ0n) is 11.8. The number of halogens is 3. The fraction of sp³-hybridized carbons (Fsp3) is 0.917. The van der Waals surface area contributed by atoms with E-state index in [9.17, 15) is 18.3 Å². The van der Waals surface area contributed by atoms with E-state index < -0.39 is 18.2 Å². The van der Waals surface area contributed by atoms with E-state index in [1.165, 1.54) is 0 Å². The molecule has 0 aliphatic rings. The number of aliphatic hydroxyl groups is 1. The molecule has 0 saturated carbocycles. The van der Waals surface area contributed by atoms with E-state index in [1.54, 1.807) is 0 Å². The average Bonchev–Trinajstić information content (AvgIpc) is 2.34. The van der Waals surface area contributed by atoms with Crippen LogP contribution in [-0.2, 0) is 0 Å². The zero-order valence-corrected chi connectivity index (χ0v) is 11.8. The van der Waals surface area contributed by atoms with E-state index in [4.69, 9.17) is 0 Å². The summed E-state index contributed by atoms with van der Waals surface area (Å²) in [4.78, 5) is 4.12.